The topological polar surface area (TPSA) is 90.7 Å². The van der Waals surface area contributed by atoms with Crippen molar-refractivity contribution in [2.45, 2.75) is 24.3 Å². The number of thioether (sulfide) groups is 1. The van der Waals surface area contributed by atoms with Gasteiger partial charge < -0.3 is 15.2 Å². The minimum absolute atomic E-state index is 0.0165. The number of methoxy groups -OCH3 is 2. The van der Waals surface area contributed by atoms with Gasteiger partial charge in [-0.1, -0.05) is 6.92 Å². The molecule has 0 aliphatic carbocycles. The third-order valence-electron chi connectivity index (χ3n) is 2.99. The largest absolute Gasteiger partial charge is 0.495 e. The number of benzene rings is 1. The van der Waals surface area contributed by atoms with E-state index >= 15 is 0 Å². The van der Waals surface area contributed by atoms with E-state index in [0.29, 0.717) is 17.9 Å². The Kier molecular flexibility index (Phi) is 6.63. The summed E-state index contributed by atoms with van der Waals surface area (Å²) >= 11 is 1.59. The molecule has 0 spiro atoms. The van der Waals surface area contributed by atoms with Gasteiger partial charge in [-0.25, -0.2) is 13.1 Å². The molecule has 0 saturated carbocycles. The fourth-order valence-electron chi connectivity index (χ4n) is 1.82. The van der Waals surface area contributed by atoms with Gasteiger partial charge in [-0.2, -0.15) is 11.8 Å². The van der Waals surface area contributed by atoms with Gasteiger partial charge in [0.2, 0.25) is 10.0 Å². The normalized spacial score (nSPS) is 13.0. The van der Waals surface area contributed by atoms with Gasteiger partial charge in [0, 0.05) is 17.9 Å². The Hall–Kier alpha value is -1.12. The average Bonchev–Trinajstić information content (AvgIpc) is 2.46. The maximum atomic E-state index is 12.5. The number of sulfonamides is 1. The van der Waals surface area contributed by atoms with E-state index in [-0.39, 0.29) is 22.4 Å². The Balaban J connectivity index is 3.21. The van der Waals surface area contributed by atoms with Crippen molar-refractivity contribution in [1.82, 2.24) is 4.72 Å². The molecule has 6 nitrogen and oxygen atoms in total. The standard InChI is InChI=1S/C13H22N2O4S2/c1-5-9(8-20-4)15-21(16,17)13-6-10(14)11(18-2)7-12(13)19-3/h6-7,9,15H,5,8,14H2,1-4H3. The van der Waals surface area contributed by atoms with Crippen LogP contribution in [0.25, 0.3) is 0 Å². The van der Waals surface area contributed by atoms with Gasteiger partial charge in [0.05, 0.1) is 19.9 Å². The first-order chi connectivity index (χ1) is 9.89. The average molecular weight is 334 g/mol. The number of nitrogen functional groups attached to an aromatic ring is 1. The zero-order chi connectivity index (χ0) is 16.0. The monoisotopic (exact) mass is 334 g/mol. The van der Waals surface area contributed by atoms with Gasteiger partial charge in [0.15, 0.2) is 0 Å². The van der Waals surface area contributed by atoms with Crippen LogP contribution in [-0.2, 0) is 10.0 Å². The summed E-state index contributed by atoms with van der Waals surface area (Å²) in [5, 5.41) is 0. The lowest BCUT2D eigenvalue weighted by Gasteiger charge is -2.18. The van der Waals surface area contributed by atoms with Crippen molar-refractivity contribution in [3.05, 3.63) is 12.1 Å². The lowest BCUT2D eigenvalue weighted by molar-refractivity contribution is 0.387. The predicted molar refractivity (Wildman–Crippen MR) is 86.7 cm³/mol. The highest BCUT2D eigenvalue weighted by atomic mass is 32.2. The zero-order valence-corrected chi connectivity index (χ0v) is 14.3. The molecule has 0 bridgehead atoms. The molecule has 1 unspecified atom stereocenters. The quantitative estimate of drug-likeness (QED) is 0.703. The van der Waals surface area contributed by atoms with Gasteiger partial charge in [-0.05, 0) is 18.7 Å². The van der Waals surface area contributed by atoms with Crippen molar-refractivity contribution >= 4 is 27.5 Å². The molecule has 1 atom stereocenters. The first-order valence-corrected chi connectivity index (χ1v) is 9.30. The van der Waals surface area contributed by atoms with Crippen LogP contribution in [0.5, 0.6) is 11.5 Å². The van der Waals surface area contributed by atoms with Crippen LogP contribution >= 0.6 is 11.8 Å². The molecule has 0 radical (unpaired) electrons. The Morgan fingerprint density at radius 2 is 1.90 bits per heavy atom. The Labute approximate surface area is 130 Å². The molecule has 0 heterocycles. The summed E-state index contributed by atoms with van der Waals surface area (Å²) in [4.78, 5) is 0.0165. The predicted octanol–water partition coefficient (Wildman–Crippen LogP) is 1.71. The number of ether oxygens (including phenoxy) is 2. The lowest BCUT2D eigenvalue weighted by atomic mass is 10.3. The number of anilines is 1. The molecule has 0 fully saturated rings. The van der Waals surface area contributed by atoms with Crippen molar-refractivity contribution in [3.8, 4) is 11.5 Å². The molecule has 0 aliphatic rings. The summed E-state index contributed by atoms with van der Waals surface area (Å²) in [6.45, 7) is 1.93. The van der Waals surface area contributed by atoms with Crippen molar-refractivity contribution in [1.29, 1.82) is 0 Å². The van der Waals surface area contributed by atoms with Crippen LogP contribution < -0.4 is 19.9 Å². The fraction of sp³-hybridized carbons (Fsp3) is 0.538. The van der Waals surface area contributed by atoms with E-state index in [0.717, 1.165) is 0 Å². The number of hydrogen-bond acceptors (Lipinski definition) is 6. The summed E-state index contributed by atoms with van der Waals surface area (Å²) in [5.74, 6) is 1.28. The lowest BCUT2D eigenvalue weighted by Crippen LogP contribution is -2.36. The van der Waals surface area contributed by atoms with Gasteiger partial charge in [-0.3, -0.25) is 0 Å². The maximum Gasteiger partial charge on any atom is 0.244 e. The molecule has 120 valence electrons. The second-order valence-electron chi connectivity index (χ2n) is 4.43. The highest BCUT2D eigenvalue weighted by molar-refractivity contribution is 7.98. The highest BCUT2D eigenvalue weighted by Crippen LogP contribution is 2.33. The van der Waals surface area contributed by atoms with Gasteiger partial charge in [0.1, 0.15) is 16.4 Å². The summed E-state index contributed by atoms with van der Waals surface area (Å²) in [6.07, 6.45) is 2.64. The number of rotatable bonds is 8. The molecule has 1 rings (SSSR count). The molecule has 1 aromatic carbocycles. The highest BCUT2D eigenvalue weighted by Gasteiger charge is 2.24. The van der Waals surface area contributed by atoms with Gasteiger partial charge in [0.25, 0.3) is 0 Å². The molecule has 0 saturated heterocycles. The summed E-state index contributed by atoms with van der Waals surface area (Å²) in [5.41, 5.74) is 6.04. The smallest absolute Gasteiger partial charge is 0.244 e. The van der Waals surface area contributed by atoms with Crippen LogP contribution in [0.4, 0.5) is 5.69 Å². The molecule has 0 amide bonds. The molecule has 0 aromatic heterocycles. The van der Waals surface area contributed by atoms with Gasteiger partial charge >= 0.3 is 0 Å². The third-order valence-corrected chi connectivity index (χ3v) is 5.27. The minimum Gasteiger partial charge on any atom is -0.495 e. The third kappa shape index (κ3) is 4.42. The van der Waals surface area contributed by atoms with E-state index in [2.05, 4.69) is 4.72 Å². The van der Waals surface area contributed by atoms with E-state index in [1.165, 1.54) is 26.4 Å². The zero-order valence-electron chi connectivity index (χ0n) is 12.7. The van der Waals surface area contributed by atoms with Crippen LogP contribution in [0, 0.1) is 0 Å². The maximum absolute atomic E-state index is 12.5. The van der Waals surface area contributed by atoms with Crippen LogP contribution in [0.15, 0.2) is 17.0 Å². The molecular formula is C13H22N2O4S2. The molecule has 21 heavy (non-hydrogen) atoms. The van der Waals surface area contributed by atoms with Crippen molar-refractivity contribution in [3.63, 3.8) is 0 Å². The Morgan fingerprint density at radius 1 is 1.29 bits per heavy atom. The number of nitrogens with two attached hydrogens (primary N) is 1. The fourth-order valence-corrected chi connectivity index (χ4v) is 4.15. The SMILES string of the molecule is CCC(CSC)NS(=O)(=O)c1cc(N)c(OC)cc1OC. The molecule has 1 aromatic rings. The van der Waals surface area contributed by atoms with Crippen LogP contribution in [0.3, 0.4) is 0 Å². The van der Waals surface area contributed by atoms with Crippen molar-refractivity contribution in [2.75, 3.05) is 32.0 Å². The van der Waals surface area contributed by atoms with E-state index in [1.807, 2.05) is 13.2 Å². The summed E-state index contributed by atoms with van der Waals surface area (Å²) in [7, 11) is -0.841. The van der Waals surface area contributed by atoms with E-state index in [4.69, 9.17) is 15.2 Å². The summed E-state index contributed by atoms with van der Waals surface area (Å²) in [6, 6.07) is 2.68. The Bertz CT molecular complexity index is 576. The summed E-state index contributed by atoms with van der Waals surface area (Å²) < 4.78 is 37.9. The molecular weight excluding hydrogens is 312 g/mol. The first-order valence-electron chi connectivity index (χ1n) is 6.42. The van der Waals surface area contributed by atoms with Crippen LogP contribution in [0.2, 0.25) is 0 Å². The Morgan fingerprint density at radius 3 is 2.38 bits per heavy atom. The molecule has 3 N–H and O–H groups in total. The second-order valence-corrected chi connectivity index (χ2v) is 7.02. The van der Waals surface area contributed by atoms with Gasteiger partial charge in [-0.15, -0.1) is 0 Å². The molecule has 8 heteroatoms. The van der Waals surface area contributed by atoms with Crippen molar-refractivity contribution < 1.29 is 17.9 Å². The number of hydrogen-bond donors (Lipinski definition) is 2. The van der Waals surface area contributed by atoms with Crippen molar-refractivity contribution in [2.24, 2.45) is 0 Å². The second kappa shape index (κ2) is 7.77. The van der Waals surface area contributed by atoms with Crippen LogP contribution in [-0.4, -0.2) is 40.7 Å². The van der Waals surface area contributed by atoms with E-state index < -0.39 is 10.0 Å². The molecule has 0 aliphatic heterocycles. The van der Waals surface area contributed by atoms with E-state index in [1.54, 1.807) is 11.8 Å². The van der Waals surface area contributed by atoms with E-state index in [9.17, 15) is 8.42 Å². The van der Waals surface area contributed by atoms with Crippen LogP contribution in [0.1, 0.15) is 13.3 Å². The first kappa shape index (κ1) is 17.9. The minimum atomic E-state index is -3.71. The number of nitrogens with one attached hydrogen (secondary N) is 1.